The number of benzene rings is 1. The first-order valence-electron chi connectivity index (χ1n) is 9.26. The molecule has 1 aromatic rings. The predicted octanol–water partition coefficient (Wildman–Crippen LogP) is 1.55. The van der Waals surface area contributed by atoms with Crippen LogP contribution >= 0.6 is 0 Å². The van der Waals surface area contributed by atoms with Crippen molar-refractivity contribution in [2.75, 3.05) is 38.2 Å². The largest absolute Gasteiger partial charge is 0.455 e. The average Bonchev–Trinajstić information content (AvgIpc) is 2.73. The molecule has 1 heterocycles. The quantitative estimate of drug-likeness (QED) is 0.566. The molecule has 1 atom stereocenters. The number of nitrogens with zero attached hydrogens (tertiary/aromatic N) is 1. The number of carbonyl (C=O) groups is 2. The van der Waals surface area contributed by atoms with Gasteiger partial charge in [-0.15, -0.1) is 0 Å². The third-order valence-corrected chi connectivity index (χ3v) is 6.61. The van der Waals surface area contributed by atoms with Crippen molar-refractivity contribution >= 4 is 27.6 Å². The van der Waals surface area contributed by atoms with Crippen molar-refractivity contribution in [3.05, 3.63) is 36.4 Å². The molecule has 0 radical (unpaired) electrons. The molecule has 0 aromatic heterocycles. The molecule has 0 saturated carbocycles. The van der Waals surface area contributed by atoms with Crippen molar-refractivity contribution in [2.45, 2.75) is 24.2 Å². The van der Waals surface area contributed by atoms with Gasteiger partial charge in [0.05, 0.1) is 24.0 Å². The Morgan fingerprint density at radius 2 is 1.86 bits per heavy atom. The molecule has 0 unspecified atom stereocenters. The molecular formula is C19H24N2O6S. The second kappa shape index (κ2) is 9.31. The molecule has 1 amide bonds. The van der Waals surface area contributed by atoms with Gasteiger partial charge in [0.25, 0.3) is 5.91 Å². The number of sulfonamides is 1. The Kier molecular flexibility index (Phi) is 6.82. The molecule has 1 aromatic carbocycles. The van der Waals surface area contributed by atoms with E-state index in [1.165, 1.54) is 28.6 Å². The molecule has 9 heteroatoms. The van der Waals surface area contributed by atoms with Gasteiger partial charge in [0.2, 0.25) is 10.0 Å². The average molecular weight is 408 g/mol. The van der Waals surface area contributed by atoms with Crippen LogP contribution in [0.2, 0.25) is 0 Å². The zero-order valence-corrected chi connectivity index (χ0v) is 16.3. The lowest BCUT2D eigenvalue weighted by atomic mass is 9.95. The van der Waals surface area contributed by atoms with E-state index < -0.39 is 15.9 Å². The number of ether oxygens (including phenoxy) is 2. The molecule has 0 bridgehead atoms. The van der Waals surface area contributed by atoms with Crippen molar-refractivity contribution in [2.24, 2.45) is 5.92 Å². The standard InChI is InChI=1S/C19H24N2O6S/c22-18(14-27-19(23)15-4-2-1-3-5-15)20-16-6-8-17(9-7-16)28(24,25)21-10-12-26-13-11-21/h1-2,6-9,15H,3-5,10-14H2,(H,20,22)/t15-/m0/s1. The van der Waals surface area contributed by atoms with E-state index in [-0.39, 0.29) is 23.4 Å². The maximum Gasteiger partial charge on any atom is 0.309 e. The van der Waals surface area contributed by atoms with Gasteiger partial charge in [-0.25, -0.2) is 8.42 Å². The number of rotatable bonds is 6. The number of allylic oxidation sites excluding steroid dienone is 2. The lowest BCUT2D eigenvalue weighted by molar-refractivity contribution is -0.151. The minimum Gasteiger partial charge on any atom is -0.455 e. The van der Waals surface area contributed by atoms with Crippen LogP contribution in [-0.4, -0.2) is 57.5 Å². The van der Waals surface area contributed by atoms with Gasteiger partial charge < -0.3 is 14.8 Å². The van der Waals surface area contributed by atoms with Crippen LogP contribution in [0.3, 0.4) is 0 Å². The molecule has 152 valence electrons. The van der Waals surface area contributed by atoms with Crippen LogP contribution in [-0.2, 0) is 29.1 Å². The van der Waals surface area contributed by atoms with Crippen LogP contribution in [0.15, 0.2) is 41.3 Å². The zero-order chi connectivity index (χ0) is 20.0. The Morgan fingerprint density at radius 3 is 2.50 bits per heavy atom. The van der Waals surface area contributed by atoms with Crippen molar-refractivity contribution in [3.8, 4) is 0 Å². The van der Waals surface area contributed by atoms with Crippen molar-refractivity contribution in [3.63, 3.8) is 0 Å². The topological polar surface area (TPSA) is 102 Å². The Labute approximate surface area is 164 Å². The fourth-order valence-corrected chi connectivity index (χ4v) is 4.51. The number of carbonyl (C=O) groups excluding carboxylic acids is 2. The van der Waals surface area contributed by atoms with Crippen LogP contribution in [0.5, 0.6) is 0 Å². The first-order valence-corrected chi connectivity index (χ1v) is 10.7. The van der Waals surface area contributed by atoms with E-state index in [2.05, 4.69) is 5.32 Å². The Balaban J connectivity index is 1.51. The van der Waals surface area contributed by atoms with Gasteiger partial charge >= 0.3 is 5.97 Å². The minimum atomic E-state index is -3.58. The molecular weight excluding hydrogens is 384 g/mol. The Hall–Kier alpha value is -2.23. The number of morpholine rings is 1. The van der Waals surface area contributed by atoms with Gasteiger partial charge in [-0.1, -0.05) is 12.2 Å². The normalized spacial score (nSPS) is 20.5. The highest BCUT2D eigenvalue weighted by molar-refractivity contribution is 7.89. The number of hydrogen-bond acceptors (Lipinski definition) is 6. The number of amides is 1. The number of anilines is 1. The summed E-state index contributed by atoms with van der Waals surface area (Å²) in [6, 6.07) is 5.92. The highest BCUT2D eigenvalue weighted by Gasteiger charge is 2.26. The summed E-state index contributed by atoms with van der Waals surface area (Å²) in [6.07, 6.45) is 6.18. The van der Waals surface area contributed by atoms with Crippen LogP contribution in [0.1, 0.15) is 19.3 Å². The summed E-state index contributed by atoms with van der Waals surface area (Å²) < 4.78 is 36.8. The van der Waals surface area contributed by atoms with E-state index in [9.17, 15) is 18.0 Å². The first kappa shape index (κ1) is 20.5. The van der Waals surface area contributed by atoms with E-state index in [0.29, 0.717) is 38.4 Å². The van der Waals surface area contributed by atoms with Crippen LogP contribution in [0, 0.1) is 5.92 Å². The number of esters is 1. The van der Waals surface area contributed by atoms with Gasteiger partial charge in [-0.3, -0.25) is 9.59 Å². The van der Waals surface area contributed by atoms with E-state index in [0.717, 1.165) is 12.8 Å². The highest BCUT2D eigenvalue weighted by Crippen LogP contribution is 2.20. The third-order valence-electron chi connectivity index (χ3n) is 4.69. The lowest BCUT2D eigenvalue weighted by Crippen LogP contribution is -2.40. The molecule has 28 heavy (non-hydrogen) atoms. The molecule has 0 spiro atoms. The van der Waals surface area contributed by atoms with Crippen molar-refractivity contribution < 1.29 is 27.5 Å². The third kappa shape index (κ3) is 5.18. The summed E-state index contributed by atoms with van der Waals surface area (Å²) in [7, 11) is -3.58. The monoisotopic (exact) mass is 408 g/mol. The molecule has 1 saturated heterocycles. The maximum absolute atomic E-state index is 12.6. The highest BCUT2D eigenvalue weighted by atomic mass is 32.2. The van der Waals surface area contributed by atoms with Gasteiger partial charge in [-0.2, -0.15) is 4.31 Å². The first-order chi connectivity index (χ1) is 13.5. The second-order valence-corrected chi connectivity index (χ2v) is 8.62. The summed E-state index contributed by atoms with van der Waals surface area (Å²) in [6.45, 7) is 1.03. The molecule has 2 aliphatic rings. The van der Waals surface area contributed by atoms with E-state index in [4.69, 9.17) is 9.47 Å². The Bertz CT molecular complexity index is 828. The smallest absolute Gasteiger partial charge is 0.309 e. The maximum atomic E-state index is 12.6. The molecule has 1 aliphatic heterocycles. The SMILES string of the molecule is O=C(COC(=O)[C@H]1CC=CCC1)Nc1ccc(S(=O)(=O)N2CCOCC2)cc1. The minimum absolute atomic E-state index is 0.157. The van der Waals surface area contributed by atoms with Crippen LogP contribution in [0.4, 0.5) is 5.69 Å². The summed E-state index contributed by atoms with van der Waals surface area (Å²) in [4.78, 5) is 24.1. The van der Waals surface area contributed by atoms with Gasteiger partial charge in [-0.05, 0) is 43.5 Å². The summed E-state index contributed by atoms with van der Waals surface area (Å²) >= 11 is 0. The second-order valence-electron chi connectivity index (χ2n) is 6.68. The van der Waals surface area contributed by atoms with E-state index in [1.807, 2.05) is 12.2 Å². The molecule has 3 rings (SSSR count). The predicted molar refractivity (Wildman–Crippen MR) is 102 cm³/mol. The fourth-order valence-electron chi connectivity index (χ4n) is 3.11. The summed E-state index contributed by atoms with van der Waals surface area (Å²) in [5.74, 6) is -1.03. The van der Waals surface area contributed by atoms with Gasteiger partial charge in [0.15, 0.2) is 6.61 Å². The number of nitrogens with one attached hydrogen (secondary N) is 1. The molecule has 1 aliphatic carbocycles. The van der Waals surface area contributed by atoms with Crippen molar-refractivity contribution in [1.29, 1.82) is 0 Å². The number of hydrogen-bond donors (Lipinski definition) is 1. The van der Waals surface area contributed by atoms with Crippen molar-refractivity contribution in [1.82, 2.24) is 4.31 Å². The van der Waals surface area contributed by atoms with E-state index >= 15 is 0 Å². The summed E-state index contributed by atoms with van der Waals surface area (Å²) in [5, 5.41) is 2.60. The van der Waals surface area contributed by atoms with Gasteiger partial charge in [0, 0.05) is 18.8 Å². The lowest BCUT2D eigenvalue weighted by Gasteiger charge is -2.26. The fraction of sp³-hybridized carbons (Fsp3) is 0.474. The zero-order valence-electron chi connectivity index (χ0n) is 15.5. The van der Waals surface area contributed by atoms with E-state index in [1.54, 1.807) is 0 Å². The summed E-state index contributed by atoms with van der Waals surface area (Å²) in [5.41, 5.74) is 0.433. The molecule has 1 fully saturated rings. The Morgan fingerprint density at radius 1 is 1.14 bits per heavy atom. The van der Waals surface area contributed by atoms with Crippen LogP contribution in [0.25, 0.3) is 0 Å². The van der Waals surface area contributed by atoms with Gasteiger partial charge in [0.1, 0.15) is 0 Å². The molecule has 1 N–H and O–H groups in total. The van der Waals surface area contributed by atoms with Crippen LogP contribution < -0.4 is 5.32 Å². The molecule has 8 nitrogen and oxygen atoms in total.